The highest BCUT2D eigenvalue weighted by molar-refractivity contribution is 5.75. The van der Waals surface area contributed by atoms with Crippen molar-refractivity contribution in [1.82, 2.24) is 0 Å². The molecule has 1 N–H and O–H groups in total. The summed E-state index contributed by atoms with van der Waals surface area (Å²) in [5.74, 6) is -3.66. The lowest BCUT2D eigenvalue weighted by atomic mass is 9.69. The molecular formula is C14H16F2O2. The number of hydrogen-bond acceptors (Lipinski definition) is 1. The van der Waals surface area contributed by atoms with E-state index >= 15 is 0 Å². The van der Waals surface area contributed by atoms with E-state index in [0.29, 0.717) is 6.42 Å². The molecule has 0 aliphatic heterocycles. The topological polar surface area (TPSA) is 37.3 Å². The van der Waals surface area contributed by atoms with E-state index in [4.69, 9.17) is 0 Å². The van der Waals surface area contributed by atoms with Gasteiger partial charge in [0.25, 0.3) is 0 Å². The molecule has 4 heteroatoms. The van der Waals surface area contributed by atoms with Crippen molar-refractivity contribution in [3.63, 3.8) is 0 Å². The quantitative estimate of drug-likeness (QED) is 0.896. The highest BCUT2D eigenvalue weighted by Crippen LogP contribution is 2.45. The van der Waals surface area contributed by atoms with Gasteiger partial charge in [-0.2, -0.15) is 0 Å². The van der Waals surface area contributed by atoms with Crippen LogP contribution in [0.25, 0.3) is 0 Å². The number of benzene rings is 1. The number of rotatable bonds is 3. The van der Waals surface area contributed by atoms with Crippen molar-refractivity contribution in [3.05, 3.63) is 35.9 Å². The number of alkyl halides is 2. The standard InChI is InChI=1S/C14H16F2O2/c15-14(16)8-6-13(7-9-14,12(17)18)10-11-4-2-1-3-5-11/h1-5H,6-10H2,(H,17,18). The van der Waals surface area contributed by atoms with E-state index in [1.807, 2.05) is 30.3 Å². The number of carbonyl (C=O) groups is 1. The van der Waals surface area contributed by atoms with Crippen LogP contribution in [0.2, 0.25) is 0 Å². The molecule has 1 aromatic rings. The average Bonchev–Trinajstić information content (AvgIpc) is 2.33. The summed E-state index contributed by atoms with van der Waals surface area (Å²) in [7, 11) is 0. The van der Waals surface area contributed by atoms with Gasteiger partial charge in [0.2, 0.25) is 5.92 Å². The molecule has 0 unspecified atom stereocenters. The Balaban J connectivity index is 2.17. The molecule has 98 valence electrons. The van der Waals surface area contributed by atoms with E-state index < -0.39 is 17.3 Å². The maximum absolute atomic E-state index is 13.2. The normalized spacial score (nSPS) is 21.4. The van der Waals surface area contributed by atoms with Gasteiger partial charge in [-0.15, -0.1) is 0 Å². The molecule has 1 saturated carbocycles. The van der Waals surface area contributed by atoms with Crippen LogP contribution in [-0.4, -0.2) is 17.0 Å². The Labute approximate surface area is 105 Å². The summed E-state index contributed by atoms with van der Waals surface area (Å²) in [6.45, 7) is 0. The van der Waals surface area contributed by atoms with E-state index in [1.165, 1.54) is 0 Å². The van der Waals surface area contributed by atoms with Gasteiger partial charge in [0, 0.05) is 12.8 Å². The number of carboxylic acid groups (broad SMARTS) is 1. The van der Waals surface area contributed by atoms with Crippen molar-refractivity contribution in [2.24, 2.45) is 5.41 Å². The summed E-state index contributed by atoms with van der Waals surface area (Å²) in [6.07, 6.45) is -0.230. The first-order valence-corrected chi connectivity index (χ1v) is 6.09. The summed E-state index contributed by atoms with van der Waals surface area (Å²) in [4.78, 5) is 11.4. The number of aliphatic carboxylic acids is 1. The maximum atomic E-state index is 13.2. The second-order valence-corrected chi connectivity index (χ2v) is 5.10. The van der Waals surface area contributed by atoms with Crippen molar-refractivity contribution >= 4 is 5.97 Å². The molecule has 0 saturated heterocycles. The first kappa shape index (κ1) is 13.0. The van der Waals surface area contributed by atoms with E-state index in [-0.39, 0.29) is 25.7 Å². The minimum atomic E-state index is -2.70. The third-order valence-corrected chi connectivity index (χ3v) is 3.78. The monoisotopic (exact) mass is 254 g/mol. The number of hydrogen-bond donors (Lipinski definition) is 1. The van der Waals surface area contributed by atoms with Crippen LogP contribution in [0.15, 0.2) is 30.3 Å². The Morgan fingerprint density at radius 1 is 1.11 bits per heavy atom. The average molecular weight is 254 g/mol. The zero-order valence-corrected chi connectivity index (χ0v) is 10.0. The smallest absolute Gasteiger partial charge is 0.309 e. The SMILES string of the molecule is O=C(O)C1(Cc2ccccc2)CCC(F)(F)CC1. The third kappa shape index (κ3) is 2.68. The number of halogens is 2. The first-order valence-electron chi connectivity index (χ1n) is 6.09. The fraction of sp³-hybridized carbons (Fsp3) is 0.500. The van der Waals surface area contributed by atoms with Crippen LogP contribution in [0.3, 0.4) is 0 Å². The molecule has 2 rings (SSSR count). The molecule has 0 aromatic heterocycles. The van der Waals surface area contributed by atoms with Gasteiger partial charge in [-0.05, 0) is 24.8 Å². The van der Waals surface area contributed by atoms with Gasteiger partial charge in [0.1, 0.15) is 0 Å². The molecular weight excluding hydrogens is 238 g/mol. The Bertz CT molecular complexity index is 419. The highest BCUT2D eigenvalue weighted by Gasteiger charge is 2.47. The Morgan fingerprint density at radius 2 is 1.67 bits per heavy atom. The fourth-order valence-corrected chi connectivity index (χ4v) is 2.55. The zero-order valence-electron chi connectivity index (χ0n) is 10.0. The van der Waals surface area contributed by atoms with Crippen LogP contribution in [0.5, 0.6) is 0 Å². The van der Waals surface area contributed by atoms with Gasteiger partial charge in [0.15, 0.2) is 0 Å². The van der Waals surface area contributed by atoms with Crippen molar-refractivity contribution in [2.75, 3.05) is 0 Å². The molecule has 2 nitrogen and oxygen atoms in total. The molecule has 0 spiro atoms. The van der Waals surface area contributed by atoms with Gasteiger partial charge in [0.05, 0.1) is 5.41 Å². The van der Waals surface area contributed by atoms with E-state index in [0.717, 1.165) is 5.56 Å². The summed E-state index contributed by atoms with van der Waals surface area (Å²) in [6, 6.07) is 9.21. The zero-order chi connectivity index (χ0) is 13.2. The molecule has 1 fully saturated rings. The van der Waals surface area contributed by atoms with Crippen LogP contribution >= 0.6 is 0 Å². The van der Waals surface area contributed by atoms with Crippen LogP contribution in [0.1, 0.15) is 31.2 Å². The molecule has 1 aliphatic rings. The predicted octanol–water partition coefficient (Wildman–Crippen LogP) is 3.51. The van der Waals surface area contributed by atoms with Crippen LogP contribution in [-0.2, 0) is 11.2 Å². The lowest BCUT2D eigenvalue weighted by molar-refractivity contribution is -0.156. The molecule has 18 heavy (non-hydrogen) atoms. The molecule has 1 aliphatic carbocycles. The van der Waals surface area contributed by atoms with Crippen molar-refractivity contribution in [3.8, 4) is 0 Å². The largest absolute Gasteiger partial charge is 0.481 e. The Morgan fingerprint density at radius 3 is 2.17 bits per heavy atom. The van der Waals surface area contributed by atoms with Gasteiger partial charge in [-0.1, -0.05) is 30.3 Å². The molecule has 0 heterocycles. The van der Waals surface area contributed by atoms with E-state index in [1.54, 1.807) is 0 Å². The van der Waals surface area contributed by atoms with Gasteiger partial charge < -0.3 is 5.11 Å². The molecule has 0 amide bonds. The van der Waals surface area contributed by atoms with Crippen molar-refractivity contribution < 1.29 is 18.7 Å². The molecule has 0 radical (unpaired) electrons. The predicted molar refractivity (Wildman–Crippen MR) is 63.6 cm³/mol. The maximum Gasteiger partial charge on any atom is 0.309 e. The molecule has 0 atom stereocenters. The van der Waals surface area contributed by atoms with Gasteiger partial charge >= 0.3 is 5.97 Å². The summed E-state index contributed by atoms with van der Waals surface area (Å²) < 4.78 is 26.3. The first-order chi connectivity index (χ1) is 8.44. The second-order valence-electron chi connectivity index (χ2n) is 5.10. The fourth-order valence-electron chi connectivity index (χ4n) is 2.55. The molecule has 1 aromatic carbocycles. The Hall–Kier alpha value is -1.45. The van der Waals surface area contributed by atoms with Gasteiger partial charge in [-0.25, -0.2) is 8.78 Å². The highest BCUT2D eigenvalue weighted by atomic mass is 19.3. The van der Waals surface area contributed by atoms with Crippen LogP contribution in [0, 0.1) is 5.41 Å². The lowest BCUT2D eigenvalue weighted by Gasteiger charge is -2.36. The van der Waals surface area contributed by atoms with E-state index in [9.17, 15) is 18.7 Å². The molecule has 0 bridgehead atoms. The minimum absolute atomic E-state index is 0.0459. The van der Waals surface area contributed by atoms with Crippen molar-refractivity contribution in [2.45, 2.75) is 38.0 Å². The minimum Gasteiger partial charge on any atom is -0.481 e. The van der Waals surface area contributed by atoms with E-state index in [2.05, 4.69) is 0 Å². The van der Waals surface area contributed by atoms with Crippen LogP contribution < -0.4 is 0 Å². The summed E-state index contributed by atoms with van der Waals surface area (Å²) in [5, 5.41) is 9.38. The van der Waals surface area contributed by atoms with Crippen molar-refractivity contribution in [1.29, 1.82) is 0 Å². The van der Waals surface area contributed by atoms with Crippen LogP contribution in [0.4, 0.5) is 8.78 Å². The second kappa shape index (κ2) is 4.67. The Kier molecular flexibility index (Phi) is 3.37. The third-order valence-electron chi connectivity index (χ3n) is 3.78. The van der Waals surface area contributed by atoms with Gasteiger partial charge in [-0.3, -0.25) is 4.79 Å². The summed E-state index contributed by atoms with van der Waals surface area (Å²) >= 11 is 0. The lowest BCUT2D eigenvalue weighted by Crippen LogP contribution is -2.40. The number of carboxylic acids is 1. The summed E-state index contributed by atoms with van der Waals surface area (Å²) in [5.41, 5.74) is -0.131.